The number of ether oxygens (including phenoxy) is 4. The lowest BCUT2D eigenvalue weighted by atomic mass is 10.3. The van der Waals surface area contributed by atoms with Crippen molar-refractivity contribution in [3.63, 3.8) is 0 Å². The van der Waals surface area contributed by atoms with Gasteiger partial charge in [-0.25, -0.2) is 0 Å². The predicted molar refractivity (Wildman–Crippen MR) is 79.4 cm³/mol. The number of methoxy groups -OCH3 is 1. The molecule has 0 saturated heterocycles. The van der Waals surface area contributed by atoms with E-state index in [1.165, 1.54) is 0 Å². The summed E-state index contributed by atoms with van der Waals surface area (Å²) in [5.74, 6) is 1.44. The minimum atomic E-state index is 0.490. The third-order valence-corrected chi connectivity index (χ3v) is 2.51. The molecule has 0 saturated carbocycles. The first-order chi connectivity index (χ1) is 9.76. The average molecular weight is 283 g/mol. The lowest BCUT2D eigenvalue weighted by Crippen LogP contribution is -2.09. The van der Waals surface area contributed by atoms with Gasteiger partial charge in [-0.3, -0.25) is 0 Å². The highest BCUT2D eigenvalue weighted by Crippen LogP contribution is 2.24. The normalized spacial score (nSPS) is 10.5. The van der Waals surface area contributed by atoms with Crippen LogP contribution in [0.3, 0.4) is 0 Å². The molecule has 0 amide bonds. The Morgan fingerprint density at radius 3 is 2.25 bits per heavy atom. The molecule has 0 aliphatic heterocycles. The van der Waals surface area contributed by atoms with Crippen LogP contribution in [-0.2, 0) is 9.47 Å². The van der Waals surface area contributed by atoms with Crippen LogP contribution in [0.2, 0.25) is 0 Å². The summed E-state index contributed by atoms with van der Waals surface area (Å²) in [5.41, 5.74) is 6.45. The molecule has 1 aromatic carbocycles. The zero-order chi connectivity index (χ0) is 14.6. The second kappa shape index (κ2) is 10.3. The summed E-state index contributed by atoms with van der Waals surface area (Å²) in [6.07, 6.45) is 1.85. The van der Waals surface area contributed by atoms with Gasteiger partial charge in [-0.2, -0.15) is 0 Å². The van der Waals surface area contributed by atoms with Crippen LogP contribution in [0.15, 0.2) is 18.2 Å². The van der Waals surface area contributed by atoms with E-state index >= 15 is 0 Å². The van der Waals surface area contributed by atoms with Gasteiger partial charge in [-0.15, -0.1) is 0 Å². The van der Waals surface area contributed by atoms with Gasteiger partial charge in [0.15, 0.2) is 0 Å². The second-order valence-electron chi connectivity index (χ2n) is 4.39. The van der Waals surface area contributed by atoms with Gasteiger partial charge in [0.2, 0.25) is 0 Å². The first-order valence-electron chi connectivity index (χ1n) is 6.99. The van der Waals surface area contributed by atoms with Crippen molar-refractivity contribution in [3.8, 4) is 11.5 Å². The Labute approximate surface area is 121 Å². The maximum absolute atomic E-state index is 5.81. The molecule has 0 aliphatic carbocycles. The minimum absolute atomic E-state index is 0.490. The van der Waals surface area contributed by atoms with Crippen LogP contribution in [0.25, 0.3) is 0 Å². The summed E-state index contributed by atoms with van der Waals surface area (Å²) in [5, 5.41) is 0. The van der Waals surface area contributed by atoms with Crippen LogP contribution < -0.4 is 15.2 Å². The van der Waals surface area contributed by atoms with E-state index in [0.29, 0.717) is 44.5 Å². The Kier molecular flexibility index (Phi) is 8.58. The van der Waals surface area contributed by atoms with E-state index in [1.54, 1.807) is 19.2 Å². The fourth-order valence-electron chi connectivity index (χ4n) is 1.61. The first-order valence-corrected chi connectivity index (χ1v) is 6.99. The Morgan fingerprint density at radius 2 is 1.60 bits per heavy atom. The number of benzene rings is 1. The molecule has 0 aliphatic rings. The van der Waals surface area contributed by atoms with Crippen LogP contribution in [0.4, 0.5) is 5.69 Å². The Balaban J connectivity index is 2.26. The number of anilines is 1. The van der Waals surface area contributed by atoms with Crippen LogP contribution in [0.1, 0.15) is 19.8 Å². The molecular formula is C15H25NO4. The highest BCUT2D eigenvalue weighted by atomic mass is 16.5. The number of hydrogen-bond donors (Lipinski definition) is 1. The van der Waals surface area contributed by atoms with E-state index < -0.39 is 0 Å². The maximum Gasteiger partial charge on any atom is 0.125 e. The predicted octanol–water partition coefficient (Wildman–Crippen LogP) is 2.49. The summed E-state index contributed by atoms with van der Waals surface area (Å²) in [7, 11) is 1.68. The lowest BCUT2D eigenvalue weighted by Gasteiger charge is -2.10. The van der Waals surface area contributed by atoms with Crippen molar-refractivity contribution in [2.24, 2.45) is 0 Å². The van der Waals surface area contributed by atoms with Gasteiger partial charge in [-0.05, 0) is 12.8 Å². The zero-order valence-corrected chi connectivity index (χ0v) is 12.4. The van der Waals surface area contributed by atoms with Gasteiger partial charge < -0.3 is 24.7 Å². The molecule has 1 rings (SSSR count). The molecule has 0 radical (unpaired) electrons. The molecule has 5 heteroatoms. The van der Waals surface area contributed by atoms with Crippen molar-refractivity contribution in [2.75, 3.05) is 45.9 Å². The van der Waals surface area contributed by atoms with E-state index in [1.807, 2.05) is 6.07 Å². The summed E-state index contributed by atoms with van der Waals surface area (Å²) in [4.78, 5) is 0. The van der Waals surface area contributed by atoms with E-state index in [2.05, 4.69) is 6.92 Å². The van der Waals surface area contributed by atoms with E-state index in [4.69, 9.17) is 24.7 Å². The van der Waals surface area contributed by atoms with Crippen LogP contribution in [-0.4, -0.2) is 40.1 Å². The van der Waals surface area contributed by atoms with Gasteiger partial charge in [0.25, 0.3) is 0 Å². The average Bonchev–Trinajstić information content (AvgIpc) is 2.43. The smallest absolute Gasteiger partial charge is 0.125 e. The highest BCUT2D eigenvalue weighted by Gasteiger charge is 2.01. The van der Waals surface area contributed by atoms with Gasteiger partial charge in [-0.1, -0.05) is 6.92 Å². The molecule has 20 heavy (non-hydrogen) atoms. The summed E-state index contributed by atoms with van der Waals surface area (Å²) >= 11 is 0. The molecule has 0 spiro atoms. The van der Waals surface area contributed by atoms with E-state index in [9.17, 15) is 0 Å². The second-order valence-corrected chi connectivity index (χ2v) is 4.39. The fourth-order valence-corrected chi connectivity index (χ4v) is 1.61. The number of nitrogen functional groups attached to an aromatic ring is 1. The lowest BCUT2D eigenvalue weighted by molar-refractivity contribution is 0.0806. The van der Waals surface area contributed by atoms with Crippen LogP contribution in [0.5, 0.6) is 11.5 Å². The topological polar surface area (TPSA) is 62.9 Å². The molecule has 0 unspecified atom stereocenters. The molecular weight excluding hydrogens is 258 g/mol. The first kappa shape index (κ1) is 16.6. The molecule has 0 atom stereocenters. The zero-order valence-electron chi connectivity index (χ0n) is 12.4. The number of nitrogens with two attached hydrogens (primary N) is 1. The van der Waals surface area contributed by atoms with Crippen molar-refractivity contribution < 1.29 is 18.9 Å². The minimum Gasteiger partial charge on any atom is -0.493 e. The van der Waals surface area contributed by atoms with Crippen molar-refractivity contribution >= 4 is 5.69 Å². The Morgan fingerprint density at radius 1 is 0.900 bits per heavy atom. The van der Waals surface area contributed by atoms with Crippen LogP contribution >= 0.6 is 0 Å². The van der Waals surface area contributed by atoms with E-state index in [0.717, 1.165) is 18.6 Å². The van der Waals surface area contributed by atoms with Gasteiger partial charge in [0, 0.05) is 44.2 Å². The largest absolute Gasteiger partial charge is 0.493 e. The molecule has 114 valence electrons. The summed E-state index contributed by atoms with van der Waals surface area (Å²) in [6.45, 7) is 5.16. The van der Waals surface area contributed by atoms with Gasteiger partial charge in [0.1, 0.15) is 18.1 Å². The third-order valence-electron chi connectivity index (χ3n) is 2.51. The SMILES string of the molecule is CCCOc1cc(N)cc(OCCOCCCOC)c1. The number of hydrogen-bond acceptors (Lipinski definition) is 5. The Hall–Kier alpha value is -1.46. The molecule has 0 heterocycles. The summed E-state index contributed by atoms with van der Waals surface area (Å²) < 4.78 is 21.5. The van der Waals surface area contributed by atoms with E-state index in [-0.39, 0.29) is 0 Å². The van der Waals surface area contributed by atoms with Crippen molar-refractivity contribution in [2.45, 2.75) is 19.8 Å². The molecule has 0 aromatic heterocycles. The molecule has 0 fully saturated rings. The van der Waals surface area contributed by atoms with Crippen LogP contribution in [0, 0.1) is 0 Å². The monoisotopic (exact) mass is 283 g/mol. The van der Waals surface area contributed by atoms with Gasteiger partial charge in [0.05, 0.1) is 13.2 Å². The third kappa shape index (κ3) is 7.21. The van der Waals surface area contributed by atoms with Gasteiger partial charge >= 0.3 is 0 Å². The Bertz CT molecular complexity index is 371. The number of rotatable bonds is 11. The van der Waals surface area contributed by atoms with Crippen molar-refractivity contribution in [1.82, 2.24) is 0 Å². The van der Waals surface area contributed by atoms with Crippen molar-refractivity contribution in [3.05, 3.63) is 18.2 Å². The summed E-state index contributed by atoms with van der Waals surface area (Å²) in [6, 6.07) is 5.42. The maximum atomic E-state index is 5.81. The molecule has 2 N–H and O–H groups in total. The molecule has 0 bridgehead atoms. The molecule has 1 aromatic rings. The fraction of sp³-hybridized carbons (Fsp3) is 0.600. The molecule has 5 nitrogen and oxygen atoms in total. The standard InChI is InChI=1S/C15H25NO4/c1-3-5-19-14-10-13(16)11-15(12-14)20-9-8-18-7-4-6-17-2/h10-12H,3-9,16H2,1-2H3. The van der Waals surface area contributed by atoms with Crippen molar-refractivity contribution in [1.29, 1.82) is 0 Å². The quantitative estimate of drug-likeness (QED) is 0.499. The highest BCUT2D eigenvalue weighted by molar-refractivity contribution is 5.50.